The molecule has 0 aromatic carbocycles. The summed E-state index contributed by atoms with van der Waals surface area (Å²) in [5.41, 5.74) is 0. The van der Waals surface area contributed by atoms with Gasteiger partial charge in [0.25, 0.3) is 0 Å². The van der Waals surface area contributed by atoms with Crippen molar-refractivity contribution in [2.75, 3.05) is 7.11 Å². The van der Waals surface area contributed by atoms with Crippen LogP contribution in [-0.2, 0) is 11.8 Å². The molecule has 5 nitrogen and oxygen atoms in total. The molecule has 1 aromatic heterocycles. The Morgan fingerprint density at radius 2 is 2.15 bits per heavy atom. The fourth-order valence-corrected chi connectivity index (χ4v) is 1.12. The number of aromatic nitrogens is 2. The number of rotatable bonds is 1. The standard InChI is InChI=1S/C6H6Cl2N2O3/c1-10-5(8)3(4(7)9-10)13-6(11)12-2/h1-2H3. The maximum Gasteiger partial charge on any atom is 0.513 e. The summed E-state index contributed by atoms with van der Waals surface area (Å²) in [4.78, 5) is 10.7. The highest BCUT2D eigenvalue weighted by atomic mass is 35.5. The summed E-state index contributed by atoms with van der Waals surface area (Å²) in [6, 6.07) is 0. The molecular weight excluding hydrogens is 219 g/mol. The van der Waals surface area contributed by atoms with Gasteiger partial charge in [0.1, 0.15) is 0 Å². The third-order valence-electron chi connectivity index (χ3n) is 1.25. The minimum Gasteiger partial charge on any atom is -0.437 e. The second kappa shape index (κ2) is 3.85. The molecule has 72 valence electrons. The fourth-order valence-electron chi connectivity index (χ4n) is 0.662. The van der Waals surface area contributed by atoms with Crippen LogP contribution in [0.2, 0.25) is 10.3 Å². The van der Waals surface area contributed by atoms with Crippen molar-refractivity contribution < 1.29 is 14.3 Å². The Kier molecular flexibility index (Phi) is 3.00. The second-order valence-electron chi connectivity index (χ2n) is 2.09. The Morgan fingerprint density at radius 1 is 1.54 bits per heavy atom. The van der Waals surface area contributed by atoms with Gasteiger partial charge in [0.15, 0.2) is 10.3 Å². The average molecular weight is 225 g/mol. The van der Waals surface area contributed by atoms with Gasteiger partial charge < -0.3 is 9.47 Å². The number of carbonyl (C=O) groups excluding carboxylic acids is 1. The van der Waals surface area contributed by atoms with E-state index in [2.05, 4.69) is 14.6 Å². The summed E-state index contributed by atoms with van der Waals surface area (Å²) in [6.07, 6.45) is -0.892. The minimum absolute atomic E-state index is 0.00215. The molecule has 0 fully saturated rings. The minimum atomic E-state index is -0.892. The summed E-state index contributed by atoms with van der Waals surface area (Å²) < 4.78 is 10.2. The predicted octanol–water partition coefficient (Wildman–Crippen LogP) is 1.87. The quantitative estimate of drug-likeness (QED) is 0.684. The Morgan fingerprint density at radius 3 is 2.54 bits per heavy atom. The van der Waals surface area contributed by atoms with Crippen LogP contribution in [0.3, 0.4) is 0 Å². The topological polar surface area (TPSA) is 53.4 Å². The van der Waals surface area contributed by atoms with Gasteiger partial charge in [-0.15, -0.1) is 0 Å². The number of halogens is 2. The summed E-state index contributed by atoms with van der Waals surface area (Å²) in [6.45, 7) is 0. The number of nitrogens with zero attached hydrogens (tertiary/aromatic N) is 2. The predicted molar refractivity (Wildman–Crippen MR) is 46.3 cm³/mol. The lowest BCUT2D eigenvalue weighted by molar-refractivity contribution is 0.121. The average Bonchev–Trinajstić information content (AvgIpc) is 2.32. The molecule has 0 atom stereocenters. The third-order valence-corrected chi connectivity index (χ3v) is 1.91. The van der Waals surface area contributed by atoms with Gasteiger partial charge in [0.2, 0.25) is 5.75 Å². The van der Waals surface area contributed by atoms with E-state index in [4.69, 9.17) is 23.2 Å². The first-order valence-corrected chi connectivity index (χ1v) is 3.95. The van der Waals surface area contributed by atoms with Crippen LogP contribution in [0.5, 0.6) is 5.75 Å². The molecule has 0 radical (unpaired) electrons. The van der Waals surface area contributed by atoms with E-state index < -0.39 is 6.16 Å². The van der Waals surface area contributed by atoms with Gasteiger partial charge >= 0.3 is 6.16 Å². The van der Waals surface area contributed by atoms with E-state index in [9.17, 15) is 4.79 Å². The van der Waals surface area contributed by atoms with Crippen molar-refractivity contribution in [1.29, 1.82) is 0 Å². The molecule has 0 bridgehead atoms. The summed E-state index contributed by atoms with van der Waals surface area (Å²) >= 11 is 11.3. The summed E-state index contributed by atoms with van der Waals surface area (Å²) in [5.74, 6) is -0.00215. The van der Waals surface area contributed by atoms with Crippen LogP contribution in [0.15, 0.2) is 0 Å². The molecule has 0 amide bonds. The first kappa shape index (κ1) is 10.1. The smallest absolute Gasteiger partial charge is 0.437 e. The Hall–Kier alpha value is -0.940. The van der Waals surface area contributed by atoms with Crippen LogP contribution in [-0.4, -0.2) is 23.0 Å². The summed E-state index contributed by atoms with van der Waals surface area (Å²) in [7, 11) is 2.75. The van der Waals surface area contributed by atoms with E-state index >= 15 is 0 Å². The molecule has 0 aliphatic rings. The maximum absolute atomic E-state index is 10.7. The number of carbonyl (C=O) groups is 1. The molecule has 0 N–H and O–H groups in total. The zero-order valence-corrected chi connectivity index (χ0v) is 8.39. The molecule has 0 saturated heterocycles. The molecule has 1 aromatic rings. The highest BCUT2D eigenvalue weighted by Crippen LogP contribution is 2.31. The number of ether oxygens (including phenoxy) is 2. The maximum atomic E-state index is 10.7. The van der Waals surface area contributed by atoms with Gasteiger partial charge in [-0.25, -0.2) is 4.79 Å². The van der Waals surface area contributed by atoms with Gasteiger partial charge in [-0.05, 0) is 0 Å². The van der Waals surface area contributed by atoms with Crippen LogP contribution >= 0.6 is 23.2 Å². The van der Waals surface area contributed by atoms with Crippen molar-refractivity contribution in [1.82, 2.24) is 9.78 Å². The summed E-state index contributed by atoms with van der Waals surface area (Å²) in [5, 5.41) is 3.86. The van der Waals surface area contributed by atoms with E-state index in [1.54, 1.807) is 7.05 Å². The van der Waals surface area contributed by atoms with Crippen LogP contribution in [0.1, 0.15) is 0 Å². The van der Waals surface area contributed by atoms with E-state index in [1.165, 1.54) is 11.8 Å². The molecule has 0 aliphatic heterocycles. The van der Waals surface area contributed by atoms with Crippen molar-refractivity contribution in [3.8, 4) is 5.75 Å². The normalized spacial score (nSPS) is 9.85. The van der Waals surface area contributed by atoms with E-state index in [1.807, 2.05) is 0 Å². The largest absolute Gasteiger partial charge is 0.513 e. The lowest BCUT2D eigenvalue weighted by Crippen LogP contribution is -2.07. The van der Waals surface area contributed by atoms with Crippen molar-refractivity contribution in [2.45, 2.75) is 0 Å². The van der Waals surface area contributed by atoms with Crippen molar-refractivity contribution >= 4 is 29.4 Å². The van der Waals surface area contributed by atoms with Crippen LogP contribution < -0.4 is 4.74 Å². The van der Waals surface area contributed by atoms with Crippen molar-refractivity contribution in [3.63, 3.8) is 0 Å². The van der Waals surface area contributed by atoms with Crippen LogP contribution in [0, 0.1) is 0 Å². The molecule has 0 aliphatic carbocycles. The number of hydrogen-bond donors (Lipinski definition) is 0. The molecule has 0 unspecified atom stereocenters. The fraction of sp³-hybridized carbons (Fsp3) is 0.333. The second-order valence-corrected chi connectivity index (χ2v) is 2.81. The van der Waals surface area contributed by atoms with Gasteiger partial charge in [0, 0.05) is 7.05 Å². The Balaban J connectivity index is 2.94. The first-order valence-electron chi connectivity index (χ1n) is 3.20. The van der Waals surface area contributed by atoms with Crippen LogP contribution in [0.4, 0.5) is 4.79 Å². The number of aryl methyl sites for hydroxylation is 1. The molecule has 1 heterocycles. The lowest BCUT2D eigenvalue weighted by atomic mass is 10.6. The van der Waals surface area contributed by atoms with Crippen LogP contribution in [0.25, 0.3) is 0 Å². The Labute approximate surface area is 84.1 Å². The van der Waals surface area contributed by atoms with Crippen molar-refractivity contribution in [3.05, 3.63) is 10.3 Å². The molecule has 13 heavy (non-hydrogen) atoms. The molecular formula is C6H6Cl2N2O3. The lowest BCUT2D eigenvalue weighted by Gasteiger charge is -1.99. The molecule has 1 rings (SSSR count). The van der Waals surface area contributed by atoms with E-state index in [0.717, 1.165) is 0 Å². The Bertz CT molecular complexity index is 337. The molecule has 0 spiro atoms. The third kappa shape index (κ3) is 2.05. The molecule has 7 heteroatoms. The van der Waals surface area contributed by atoms with Gasteiger partial charge in [0.05, 0.1) is 7.11 Å². The zero-order valence-electron chi connectivity index (χ0n) is 6.88. The molecule has 0 saturated carbocycles. The zero-order chi connectivity index (χ0) is 10.0. The van der Waals surface area contributed by atoms with E-state index in [-0.39, 0.29) is 16.1 Å². The number of hydrogen-bond acceptors (Lipinski definition) is 4. The highest BCUT2D eigenvalue weighted by Gasteiger charge is 2.17. The van der Waals surface area contributed by atoms with Gasteiger partial charge in [-0.3, -0.25) is 4.68 Å². The monoisotopic (exact) mass is 224 g/mol. The van der Waals surface area contributed by atoms with Crippen molar-refractivity contribution in [2.24, 2.45) is 7.05 Å². The van der Waals surface area contributed by atoms with Gasteiger partial charge in [-0.2, -0.15) is 5.10 Å². The SMILES string of the molecule is COC(=O)Oc1c(Cl)nn(C)c1Cl. The number of methoxy groups -OCH3 is 1. The first-order chi connectivity index (χ1) is 6.06. The van der Waals surface area contributed by atoms with Gasteiger partial charge in [-0.1, -0.05) is 23.2 Å². The highest BCUT2D eigenvalue weighted by molar-refractivity contribution is 6.36. The van der Waals surface area contributed by atoms with E-state index in [0.29, 0.717) is 0 Å².